The van der Waals surface area contributed by atoms with Crippen molar-refractivity contribution < 1.29 is 19.1 Å². The van der Waals surface area contributed by atoms with Gasteiger partial charge in [-0.1, -0.05) is 0 Å². The fourth-order valence-electron chi connectivity index (χ4n) is 1.43. The van der Waals surface area contributed by atoms with E-state index in [0.29, 0.717) is 6.54 Å². The van der Waals surface area contributed by atoms with Crippen LogP contribution < -0.4 is 0 Å². The van der Waals surface area contributed by atoms with Crippen molar-refractivity contribution in [2.75, 3.05) is 20.8 Å². The molecule has 1 aromatic heterocycles. The van der Waals surface area contributed by atoms with E-state index < -0.39 is 11.5 Å². The van der Waals surface area contributed by atoms with Gasteiger partial charge in [0.1, 0.15) is 11.3 Å². The number of carboxylic acid groups (broad SMARTS) is 1. The molecule has 1 aromatic rings. The first-order chi connectivity index (χ1) is 7.50. The first kappa shape index (κ1) is 12.7. The molecule has 90 valence electrons. The molecule has 16 heavy (non-hydrogen) atoms. The van der Waals surface area contributed by atoms with E-state index in [4.69, 9.17) is 9.15 Å². The van der Waals surface area contributed by atoms with Gasteiger partial charge in [-0.05, 0) is 26.1 Å². The van der Waals surface area contributed by atoms with Crippen LogP contribution in [0.5, 0.6) is 0 Å². The Morgan fingerprint density at radius 1 is 1.69 bits per heavy atom. The highest BCUT2D eigenvalue weighted by atomic mass is 16.5. The van der Waals surface area contributed by atoms with Crippen LogP contribution in [0.1, 0.15) is 12.7 Å². The van der Waals surface area contributed by atoms with Crippen molar-refractivity contribution in [1.82, 2.24) is 4.90 Å². The smallest absolute Gasteiger partial charge is 0.326 e. The summed E-state index contributed by atoms with van der Waals surface area (Å²) in [5, 5.41) is 9.21. The predicted molar refractivity (Wildman–Crippen MR) is 58.1 cm³/mol. The Morgan fingerprint density at radius 2 is 2.38 bits per heavy atom. The van der Waals surface area contributed by atoms with E-state index in [1.54, 1.807) is 31.2 Å². The van der Waals surface area contributed by atoms with Crippen LogP contribution in [0.2, 0.25) is 0 Å². The first-order valence-corrected chi connectivity index (χ1v) is 4.96. The molecular formula is C11H17NO4. The lowest BCUT2D eigenvalue weighted by Gasteiger charge is -2.33. The second kappa shape index (κ2) is 5.14. The Labute approximate surface area is 94.6 Å². The standard InChI is InChI=1S/C11H17NO4/c1-11(8-15-3,10(13)14)12(2)7-9-5-4-6-16-9/h4-6H,7-8H2,1-3H3,(H,13,14). The number of likely N-dealkylation sites (N-methyl/N-ethyl adjacent to an activating group) is 1. The minimum absolute atomic E-state index is 0.125. The summed E-state index contributed by atoms with van der Waals surface area (Å²) in [6.45, 7) is 2.18. The molecule has 1 unspecified atom stereocenters. The van der Waals surface area contributed by atoms with Crippen molar-refractivity contribution >= 4 is 5.97 Å². The highest BCUT2D eigenvalue weighted by Crippen LogP contribution is 2.17. The van der Waals surface area contributed by atoms with E-state index in [1.807, 2.05) is 6.07 Å². The Hall–Kier alpha value is -1.33. The Kier molecular flexibility index (Phi) is 4.09. The lowest BCUT2D eigenvalue weighted by atomic mass is 10.0. The number of furan rings is 1. The van der Waals surface area contributed by atoms with Crippen molar-refractivity contribution in [1.29, 1.82) is 0 Å². The van der Waals surface area contributed by atoms with E-state index in [0.717, 1.165) is 5.76 Å². The minimum Gasteiger partial charge on any atom is -0.480 e. The van der Waals surface area contributed by atoms with Gasteiger partial charge in [0, 0.05) is 7.11 Å². The van der Waals surface area contributed by atoms with Gasteiger partial charge in [0.05, 0.1) is 19.4 Å². The van der Waals surface area contributed by atoms with Crippen molar-refractivity contribution in [3.8, 4) is 0 Å². The highest BCUT2D eigenvalue weighted by molar-refractivity contribution is 5.78. The van der Waals surface area contributed by atoms with Gasteiger partial charge in [0.2, 0.25) is 0 Å². The number of hydrogen-bond donors (Lipinski definition) is 1. The molecule has 0 saturated carbocycles. The van der Waals surface area contributed by atoms with E-state index >= 15 is 0 Å². The van der Waals surface area contributed by atoms with Crippen LogP contribution >= 0.6 is 0 Å². The van der Waals surface area contributed by atoms with Crippen LogP contribution in [0.25, 0.3) is 0 Å². The molecule has 0 radical (unpaired) electrons. The number of methoxy groups -OCH3 is 1. The zero-order valence-corrected chi connectivity index (χ0v) is 9.77. The van der Waals surface area contributed by atoms with Crippen LogP contribution in [0, 0.1) is 0 Å². The number of aliphatic carboxylic acids is 1. The molecule has 5 nitrogen and oxygen atoms in total. The van der Waals surface area contributed by atoms with Crippen molar-refractivity contribution in [3.05, 3.63) is 24.2 Å². The van der Waals surface area contributed by atoms with Gasteiger partial charge in [-0.3, -0.25) is 9.69 Å². The van der Waals surface area contributed by atoms with Crippen molar-refractivity contribution in [2.24, 2.45) is 0 Å². The molecule has 0 aromatic carbocycles. The third kappa shape index (κ3) is 2.62. The van der Waals surface area contributed by atoms with Gasteiger partial charge in [-0.2, -0.15) is 0 Å². The number of carboxylic acids is 1. The number of ether oxygens (including phenoxy) is 1. The molecule has 0 aliphatic rings. The van der Waals surface area contributed by atoms with Gasteiger partial charge in [-0.15, -0.1) is 0 Å². The lowest BCUT2D eigenvalue weighted by Crippen LogP contribution is -2.53. The summed E-state index contributed by atoms with van der Waals surface area (Å²) in [5.74, 6) is -0.186. The molecule has 0 aliphatic carbocycles. The largest absolute Gasteiger partial charge is 0.480 e. The number of carbonyl (C=O) groups is 1. The third-order valence-electron chi connectivity index (χ3n) is 2.70. The molecule has 0 aliphatic heterocycles. The van der Waals surface area contributed by atoms with E-state index in [-0.39, 0.29) is 6.61 Å². The summed E-state index contributed by atoms with van der Waals surface area (Å²) in [6.07, 6.45) is 1.57. The highest BCUT2D eigenvalue weighted by Gasteiger charge is 2.37. The van der Waals surface area contributed by atoms with Crippen LogP contribution in [0.3, 0.4) is 0 Å². The molecule has 0 bridgehead atoms. The molecule has 1 rings (SSSR count). The Bertz CT molecular complexity index is 336. The maximum Gasteiger partial charge on any atom is 0.326 e. The zero-order chi connectivity index (χ0) is 12.2. The first-order valence-electron chi connectivity index (χ1n) is 4.96. The topological polar surface area (TPSA) is 62.9 Å². The van der Waals surface area contributed by atoms with E-state index in [9.17, 15) is 9.90 Å². The molecule has 1 N–H and O–H groups in total. The normalized spacial score (nSPS) is 15.0. The average Bonchev–Trinajstić information content (AvgIpc) is 2.70. The summed E-state index contributed by atoms with van der Waals surface area (Å²) in [4.78, 5) is 12.9. The quantitative estimate of drug-likeness (QED) is 0.791. The summed E-state index contributed by atoms with van der Waals surface area (Å²) >= 11 is 0. The van der Waals surface area contributed by atoms with E-state index in [1.165, 1.54) is 7.11 Å². The van der Waals surface area contributed by atoms with Crippen molar-refractivity contribution in [3.63, 3.8) is 0 Å². The average molecular weight is 227 g/mol. The molecular weight excluding hydrogens is 210 g/mol. The molecule has 0 amide bonds. The lowest BCUT2D eigenvalue weighted by molar-refractivity contribution is -0.153. The van der Waals surface area contributed by atoms with Crippen LogP contribution in [-0.2, 0) is 16.1 Å². The van der Waals surface area contributed by atoms with Gasteiger partial charge < -0.3 is 14.3 Å². The van der Waals surface area contributed by atoms with E-state index in [2.05, 4.69) is 0 Å². The Balaban J connectivity index is 2.75. The number of rotatable bonds is 6. The van der Waals surface area contributed by atoms with Gasteiger partial charge in [0.25, 0.3) is 0 Å². The molecule has 0 saturated heterocycles. The fraction of sp³-hybridized carbons (Fsp3) is 0.545. The molecule has 0 fully saturated rings. The molecule has 1 atom stereocenters. The van der Waals surface area contributed by atoms with Crippen LogP contribution in [0.4, 0.5) is 0 Å². The summed E-state index contributed by atoms with van der Waals surface area (Å²) in [7, 11) is 3.22. The monoisotopic (exact) mass is 227 g/mol. The summed E-state index contributed by atoms with van der Waals surface area (Å²) in [6, 6.07) is 3.59. The fourth-order valence-corrected chi connectivity index (χ4v) is 1.43. The van der Waals surface area contributed by atoms with Gasteiger partial charge >= 0.3 is 5.97 Å². The summed E-state index contributed by atoms with van der Waals surface area (Å²) < 4.78 is 10.1. The second-order valence-corrected chi connectivity index (χ2v) is 3.95. The number of nitrogens with zero attached hydrogens (tertiary/aromatic N) is 1. The maximum absolute atomic E-state index is 11.2. The van der Waals surface area contributed by atoms with Crippen LogP contribution in [0.15, 0.2) is 22.8 Å². The Morgan fingerprint density at radius 3 is 2.81 bits per heavy atom. The molecule has 0 spiro atoms. The van der Waals surface area contributed by atoms with Crippen molar-refractivity contribution in [2.45, 2.75) is 19.0 Å². The zero-order valence-electron chi connectivity index (χ0n) is 9.77. The SMILES string of the molecule is COCC(C)(C(=O)O)N(C)Cc1ccco1. The van der Waals surface area contributed by atoms with Crippen LogP contribution in [-0.4, -0.2) is 42.3 Å². The second-order valence-electron chi connectivity index (χ2n) is 3.95. The predicted octanol–water partition coefficient (Wildman–Crippen LogP) is 1.20. The molecule has 1 heterocycles. The van der Waals surface area contributed by atoms with Gasteiger partial charge in [0.15, 0.2) is 0 Å². The summed E-state index contributed by atoms with van der Waals surface area (Å²) in [5.41, 5.74) is -1.05. The van der Waals surface area contributed by atoms with Gasteiger partial charge in [-0.25, -0.2) is 0 Å². The molecule has 5 heteroatoms. The minimum atomic E-state index is -1.05. The third-order valence-corrected chi connectivity index (χ3v) is 2.70. The maximum atomic E-state index is 11.2. The number of hydrogen-bond acceptors (Lipinski definition) is 4.